The first kappa shape index (κ1) is 20.1. The van der Waals surface area contributed by atoms with E-state index in [1.54, 1.807) is 7.11 Å². The summed E-state index contributed by atoms with van der Waals surface area (Å²) in [5.74, 6) is 0.886. The van der Waals surface area contributed by atoms with E-state index in [1.165, 1.54) is 50.0 Å². The van der Waals surface area contributed by atoms with Gasteiger partial charge in [0.1, 0.15) is 5.75 Å². The van der Waals surface area contributed by atoms with Crippen molar-refractivity contribution in [2.45, 2.75) is 20.4 Å². The van der Waals surface area contributed by atoms with E-state index in [0.717, 1.165) is 12.3 Å². The molecule has 5 rings (SSSR count). The summed E-state index contributed by atoms with van der Waals surface area (Å²) in [5.41, 5.74) is 10.2. The number of aromatic nitrogens is 1. The summed E-state index contributed by atoms with van der Waals surface area (Å²) in [5, 5.41) is 1.34. The molecule has 0 aliphatic rings. The Bertz CT molecular complexity index is 1360. The third-order valence-electron chi connectivity index (χ3n) is 6.42. The van der Waals surface area contributed by atoms with Crippen LogP contribution in [0.2, 0.25) is 0 Å². The van der Waals surface area contributed by atoms with Crippen molar-refractivity contribution in [3.63, 3.8) is 0 Å². The molecule has 0 saturated heterocycles. The molecule has 2 heteroatoms. The van der Waals surface area contributed by atoms with Crippen LogP contribution >= 0.6 is 0 Å². The summed E-state index contributed by atoms with van der Waals surface area (Å²) in [4.78, 5) is 0. The third-order valence-corrected chi connectivity index (χ3v) is 6.42. The maximum absolute atomic E-state index is 5.34. The Labute approximate surface area is 189 Å². The van der Waals surface area contributed by atoms with Crippen LogP contribution in [0.5, 0.6) is 5.75 Å². The maximum Gasteiger partial charge on any atom is 0.118 e. The molecule has 1 aromatic heterocycles. The monoisotopic (exact) mass is 417 g/mol. The van der Waals surface area contributed by atoms with E-state index in [4.69, 9.17) is 4.74 Å². The number of hydrogen-bond donors (Lipinski definition) is 0. The number of aryl methyl sites for hydroxylation is 1. The largest absolute Gasteiger partial charge is 0.497 e. The molecule has 1 heterocycles. The van der Waals surface area contributed by atoms with Crippen LogP contribution in [-0.4, -0.2) is 11.7 Å². The molecular weight excluding hydrogens is 390 g/mol. The second kappa shape index (κ2) is 8.39. The van der Waals surface area contributed by atoms with Gasteiger partial charge in [0, 0.05) is 17.6 Å². The minimum atomic E-state index is 0.826. The quantitative estimate of drug-likeness (QED) is 0.286. The minimum absolute atomic E-state index is 0.826. The van der Waals surface area contributed by atoms with E-state index >= 15 is 0 Å². The first-order chi connectivity index (χ1) is 15.7. The van der Waals surface area contributed by atoms with Crippen LogP contribution in [0.25, 0.3) is 33.2 Å². The molecule has 0 aliphatic carbocycles. The lowest BCUT2D eigenvalue weighted by atomic mass is 9.94. The molecule has 158 valence electrons. The highest BCUT2D eigenvalue weighted by Crippen LogP contribution is 2.38. The Balaban J connectivity index is 1.75. The molecule has 4 aromatic carbocycles. The van der Waals surface area contributed by atoms with E-state index in [2.05, 4.69) is 103 Å². The fourth-order valence-electron chi connectivity index (χ4n) is 4.56. The smallest absolute Gasteiger partial charge is 0.118 e. The molecule has 0 fully saturated rings. The molecule has 0 saturated carbocycles. The molecule has 0 atom stereocenters. The summed E-state index contributed by atoms with van der Waals surface area (Å²) in [6.07, 6.45) is 0. The van der Waals surface area contributed by atoms with Gasteiger partial charge in [-0.25, -0.2) is 0 Å². The zero-order valence-corrected chi connectivity index (χ0v) is 18.8. The van der Waals surface area contributed by atoms with Crippen LogP contribution in [-0.2, 0) is 6.54 Å². The lowest BCUT2D eigenvalue weighted by Crippen LogP contribution is -2.02. The van der Waals surface area contributed by atoms with Gasteiger partial charge in [-0.15, -0.1) is 0 Å². The predicted molar refractivity (Wildman–Crippen MR) is 134 cm³/mol. The van der Waals surface area contributed by atoms with Crippen molar-refractivity contribution in [1.29, 1.82) is 0 Å². The Kier molecular flexibility index (Phi) is 5.28. The zero-order valence-electron chi connectivity index (χ0n) is 18.8. The molecule has 0 radical (unpaired) electrons. The summed E-state index contributed by atoms with van der Waals surface area (Å²) >= 11 is 0. The van der Waals surface area contributed by atoms with E-state index in [0.29, 0.717) is 0 Å². The van der Waals surface area contributed by atoms with Crippen molar-refractivity contribution < 1.29 is 4.74 Å². The molecular formula is C30H27NO. The van der Waals surface area contributed by atoms with Gasteiger partial charge < -0.3 is 9.30 Å². The summed E-state index contributed by atoms with van der Waals surface area (Å²) < 4.78 is 7.79. The Morgan fingerprint density at radius 1 is 0.688 bits per heavy atom. The fourth-order valence-corrected chi connectivity index (χ4v) is 4.56. The second-order valence-corrected chi connectivity index (χ2v) is 8.29. The number of fused-ring (bicyclic) bond motifs is 1. The van der Waals surface area contributed by atoms with Crippen molar-refractivity contribution in [3.05, 3.63) is 114 Å². The van der Waals surface area contributed by atoms with Crippen LogP contribution in [0, 0.1) is 13.8 Å². The van der Waals surface area contributed by atoms with Gasteiger partial charge in [-0.3, -0.25) is 0 Å². The van der Waals surface area contributed by atoms with E-state index in [-0.39, 0.29) is 0 Å². The average Bonchev–Trinajstić information content (AvgIpc) is 3.10. The topological polar surface area (TPSA) is 14.2 Å². The molecule has 32 heavy (non-hydrogen) atoms. The second-order valence-electron chi connectivity index (χ2n) is 8.29. The minimum Gasteiger partial charge on any atom is -0.497 e. The summed E-state index contributed by atoms with van der Waals surface area (Å²) in [7, 11) is 1.71. The Hall–Kier alpha value is -3.78. The van der Waals surface area contributed by atoms with Gasteiger partial charge in [-0.1, -0.05) is 72.8 Å². The lowest BCUT2D eigenvalue weighted by Gasteiger charge is -2.13. The van der Waals surface area contributed by atoms with Gasteiger partial charge in [-0.05, 0) is 71.5 Å². The highest BCUT2D eigenvalue weighted by Gasteiger charge is 2.17. The van der Waals surface area contributed by atoms with Gasteiger partial charge >= 0.3 is 0 Å². The van der Waals surface area contributed by atoms with Crippen LogP contribution < -0.4 is 4.74 Å². The first-order valence-corrected chi connectivity index (χ1v) is 11.0. The molecule has 0 amide bonds. The van der Waals surface area contributed by atoms with Crippen molar-refractivity contribution in [2.24, 2.45) is 0 Å². The van der Waals surface area contributed by atoms with Gasteiger partial charge in [0.25, 0.3) is 0 Å². The van der Waals surface area contributed by atoms with Crippen molar-refractivity contribution in [1.82, 2.24) is 4.57 Å². The van der Waals surface area contributed by atoms with Crippen LogP contribution in [0.1, 0.15) is 16.8 Å². The zero-order chi connectivity index (χ0) is 22.1. The Morgan fingerprint density at radius 2 is 1.31 bits per heavy atom. The SMILES string of the molecule is COc1ccc(Cn2c(C)c(C)c3c(-c4ccccc4)cc(-c4ccccc4)cc32)cc1. The highest BCUT2D eigenvalue weighted by atomic mass is 16.5. The summed E-state index contributed by atoms with van der Waals surface area (Å²) in [6, 6.07) is 34.5. The van der Waals surface area contributed by atoms with Crippen LogP contribution in [0.4, 0.5) is 0 Å². The molecule has 0 spiro atoms. The van der Waals surface area contributed by atoms with Gasteiger partial charge in [-0.2, -0.15) is 0 Å². The molecule has 0 unspecified atom stereocenters. The van der Waals surface area contributed by atoms with E-state index < -0.39 is 0 Å². The average molecular weight is 418 g/mol. The molecule has 2 nitrogen and oxygen atoms in total. The van der Waals surface area contributed by atoms with Crippen molar-refractivity contribution in [2.75, 3.05) is 7.11 Å². The number of methoxy groups -OCH3 is 1. The molecule has 0 aliphatic heterocycles. The predicted octanol–water partition coefficient (Wildman–Crippen LogP) is 7.65. The molecule has 0 bridgehead atoms. The molecule has 5 aromatic rings. The van der Waals surface area contributed by atoms with E-state index in [9.17, 15) is 0 Å². The normalized spacial score (nSPS) is 11.1. The van der Waals surface area contributed by atoms with Crippen LogP contribution in [0.15, 0.2) is 97.1 Å². The van der Waals surface area contributed by atoms with Gasteiger partial charge in [0.2, 0.25) is 0 Å². The summed E-state index contributed by atoms with van der Waals surface area (Å²) in [6.45, 7) is 5.30. The van der Waals surface area contributed by atoms with Crippen molar-refractivity contribution >= 4 is 10.9 Å². The third kappa shape index (κ3) is 3.58. The standard InChI is InChI=1S/C30H27NO/c1-21-22(2)31(20-23-14-16-27(32-3)17-15-23)29-19-26(24-10-6-4-7-11-24)18-28(30(21)29)25-12-8-5-9-13-25/h4-19H,20H2,1-3H3. The van der Waals surface area contributed by atoms with Crippen molar-refractivity contribution in [3.8, 4) is 28.0 Å². The number of ether oxygens (including phenoxy) is 1. The maximum atomic E-state index is 5.34. The Morgan fingerprint density at radius 3 is 1.94 bits per heavy atom. The highest BCUT2D eigenvalue weighted by molar-refractivity contribution is 6.02. The first-order valence-electron chi connectivity index (χ1n) is 11.0. The van der Waals surface area contributed by atoms with Gasteiger partial charge in [0.15, 0.2) is 0 Å². The van der Waals surface area contributed by atoms with Gasteiger partial charge in [0.05, 0.1) is 12.6 Å². The number of hydrogen-bond acceptors (Lipinski definition) is 1. The fraction of sp³-hybridized carbons (Fsp3) is 0.133. The van der Waals surface area contributed by atoms with Crippen LogP contribution in [0.3, 0.4) is 0 Å². The lowest BCUT2D eigenvalue weighted by molar-refractivity contribution is 0.414. The number of nitrogens with zero attached hydrogens (tertiary/aromatic N) is 1. The molecule has 0 N–H and O–H groups in total. The number of rotatable bonds is 5. The number of benzene rings is 4. The van der Waals surface area contributed by atoms with E-state index in [1.807, 2.05) is 12.1 Å².